The van der Waals surface area contributed by atoms with E-state index in [0.29, 0.717) is 0 Å². The van der Waals surface area contributed by atoms with Crippen LogP contribution in [0.1, 0.15) is 0 Å². The summed E-state index contributed by atoms with van der Waals surface area (Å²) < 4.78 is 4.70. The van der Waals surface area contributed by atoms with E-state index in [1.54, 1.807) is 0 Å². The van der Waals surface area contributed by atoms with Gasteiger partial charge in [0.05, 0.1) is 16.6 Å². The highest BCUT2D eigenvalue weighted by Crippen LogP contribution is 2.38. The van der Waals surface area contributed by atoms with Gasteiger partial charge in [-0.15, -0.1) is 0 Å². The normalized spacial score (nSPS) is 11.7. The van der Waals surface area contributed by atoms with Gasteiger partial charge in [0.15, 0.2) is 0 Å². The maximum atomic E-state index is 2.43. The number of hydrogen-bond acceptors (Lipinski definition) is 0. The first-order valence-electron chi connectivity index (χ1n) is 13.0. The Morgan fingerprint density at radius 2 is 1.03 bits per heavy atom. The molecule has 8 aromatic rings. The van der Waals surface area contributed by atoms with Crippen LogP contribution < -0.4 is 0 Å². The van der Waals surface area contributed by atoms with Crippen LogP contribution in [0, 0.1) is 0 Å². The second-order valence-electron chi connectivity index (χ2n) is 9.88. The predicted octanol–water partition coefficient (Wildman–Crippen LogP) is 9.55. The van der Waals surface area contributed by atoms with Crippen LogP contribution in [0.4, 0.5) is 0 Å². The van der Waals surface area contributed by atoms with Crippen LogP contribution in [0.25, 0.3) is 66.0 Å². The summed E-state index contributed by atoms with van der Waals surface area (Å²) in [7, 11) is 0. The molecule has 0 radical (unpaired) electrons. The fourth-order valence-corrected chi connectivity index (χ4v) is 5.92. The van der Waals surface area contributed by atoms with E-state index >= 15 is 0 Å². The summed E-state index contributed by atoms with van der Waals surface area (Å²) in [4.78, 5) is 0. The Kier molecular flexibility index (Phi) is 4.55. The molecule has 2 aromatic heterocycles. The number of benzene rings is 6. The Hall–Kier alpha value is -5.08. The first-order valence-corrected chi connectivity index (χ1v) is 13.0. The SMILES string of the molecule is c1ccc(-n2ccc3ccc(-c4ccc5c6ccc7ccccc7c6n(-c6ccccc6)c5c4)cc32)cc1. The summed E-state index contributed by atoms with van der Waals surface area (Å²) in [6.45, 7) is 0. The van der Waals surface area contributed by atoms with Crippen LogP contribution in [0.5, 0.6) is 0 Å². The minimum atomic E-state index is 1.17. The molecule has 0 atom stereocenters. The van der Waals surface area contributed by atoms with E-state index in [0.717, 1.165) is 0 Å². The quantitative estimate of drug-likeness (QED) is 0.236. The third-order valence-electron chi connectivity index (χ3n) is 7.73. The van der Waals surface area contributed by atoms with E-state index in [9.17, 15) is 0 Å². The summed E-state index contributed by atoms with van der Waals surface area (Å²) in [5, 5.41) is 6.32. The standard InChI is InChI=1S/C36H24N2/c1-3-10-29(11-4-1)37-22-21-26-15-16-27(23-34(26)37)28-18-19-32-33-20-17-25-9-7-8-14-31(25)36(33)38(35(32)24-28)30-12-5-2-6-13-30/h1-24H. The van der Waals surface area contributed by atoms with Crippen LogP contribution in [-0.2, 0) is 0 Å². The molecular formula is C36H24N2. The fourth-order valence-electron chi connectivity index (χ4n) is 5.92. The number of hydrogen-bond donors (Lipinski definition) is 0. The van der Waals surface area contributed by atoms with Gasteiger partial charge in [0, 0.05) is 33.7 Å². The minimum absolute atomic E-state index is 1.17. The van der Waals surface area contributed by atoms with E-state index in [1.165, 1.54) is 66.0 Å². The van der Waals surface area contributed by atoms with Crippen molar-refractivity contribution < 1.29 is 0 Å². The van der Waals surface area contributed by atoms with Gasteiger partial charge in [0.25, 0.3) is 0 Å². The fraction of sp³-hybridized carbons (Fsp3) is 0. The highest BCUT2D eigenvalue weighted by atomic mass is 15.0. The molecule has 0 N–H and O–H groups in total. The zero-order valence-electron chi connectivity index (χ0n) is 20.8. The predicted molar refractivity (Wildman–Crippen MR) is 161 cm³/mol. The van der Waals surface area contributed by atoms with Crippen molar-refractivity contribution in [2.75, 3.05) is 0 Å². The summed E-state index contributed by atoms with van der Waals surface area (Å²) in [6, 6.07) is 50.4. The molecule has 178 valence electrons. The first-order chi connectivity index (χ1) is 18.8. The second-order valence-corrected chi connectivity index (χ2v) is 9.88. The second kappa shape index (κ2) is 8.22. The number of rotatable bonds is 3. The lowest BCUT2D eigenvalue weighted by atomic mass is 10.0. The lowest BCUT2D eigenvalue weighted by Gasteiger charge is -2.11. The van der Waals surface area contributed by atoms with Gasteiger partial charge in [-0.3, -0.25) is 0 Å². The maximum Gasteiger partial charge on any atom is 0.0619 e. The van der Waals surface area contributed by atoms with Crippen LogP contribution in [0.15, 0.2) is 146 Å². The van der Waals surface area contributed by atoms with Crippen molar-refractivity contribution in [1.29, 1.82) is 0 Å². The topological polar surface area (TPSA) is 9.86 Å². The molecule has 8 rings (SSSR count). The third kappa shape index (κ3) is 3.14. The van der Waals surface area contributed by atoms with Crippen LogP contribution >= 0.6 is 0 Å². The van der Waals surface area contributed by atoms with E-state index in [4.69, 9.17) is 0 Å². The van der Waals surface area contributed by atoms with Crippen molar-refractivity contribution in [3.63, 3.8) is 0 Å². The van der Waals surface area contributed by atoms with E-state index < -0.39 is 0 Å². The third-order valence-corrected chi connectivity index (χ3v) is 7.73. The minimum Gasteiger partial charge on any atom is -0.317 e. The van der Waals surface area contributed by atoms with Crippen molar-refractivity contribution in [3.05, 3.63) is 146 Å². The Morgan fingerprint density at radius 3 is 1.84 bits per heavy atom. The molecule has 0 fully saturated rings. The molecule has 38 heavy (non-hydrogen) atoms. The van der Waals surface area contributed by atoms with Gasteiger partial charge in [0.2, 0.25) is 0 Å². The van der Waals surface area contributed by atoms with E-state index in [1.807, 2.05) is 0 Å². The first kappa shape index (κ1) is 21.0. The van der Waals surface area contributed by atoms with Gasteiger partial charge in [-0.05, 0) is 64.4 Å². The molecule has 2 heteroatoms. The summed E-state index contributed by atoms with van der Waals surface area (Å²) >= 11 is 0. The average Bonchev–Trinajstić information content (AvgIpc) is 3.57. The Bertz CT molecular complexity index is 2110. The molecule has 2 heterocycles. The van der Waals surface area contributed by atoms with Crippen LogP contribution in [0.2, 0.25) is 0 Å². The largest absolute Gasteiger partial charge is 0.317 e. The van der Waals surface area contributed by atoms with Gasteiger partial charge in [0.1, 0.15) is 0 Å². The average molecular weight is 485 g/mol. The van der Waals surface area contributed by atoms with Gasteiger partial charge in [-0.1, -0.05) is 97.1 Å². The number of nitrogens with zero attached hydrogens (tertiary/aromatic N) is 2. The molecule has 6 aromatic carbocycles. The molecule has 0 aliphatic rings. The molecule has 2 nitrogen and oxygen atoms in total. The lowest BCUT2D eigenvalue weighted by molar-refractivity contribution is 1.13. The Balaban J connectivity index is 1.40. The number of aromatic nitrogens is 2. The molecule has 0 unspecified atom stereocenters. The van der Waals surface area contributed by atoms with Crippen molar-refractivity contribution in [3.8, 4) is 22.5 Å². The van der Waals surface area contributed by atoms with Gasteiger partial charge < -0.3 is 9.13 Å². The van der Waals surface area contributed by atoms with E-state index in [2.05, 4.69) is 155 Å². The van der Waals surface area contributed by atoms with Crippen molar-refractivity contribution >= 4 is 43.5 Å². The van der Waals surface area contributed by atoms with Crippen molar-refractivity contribution in [1.82, 2.24) is 9.13 Å². The highest BCUT2D eigenvalue weighted by Gasteiger charge is 2.16. The molecule has 0 aliphatic heterocycles. The summed E-state index contributed by atoms with van der Waals surface area (Å²) in [6.07, 6.45) is 2.16. The monoisotopic (exact) mass is 484 g/mol. The molecule has 0 spiro atoms. The lowest BCUT2D eigenvalue weighted by Crippen LogP contribution is -1.94. The molecular weight excluding hydrogens is 460 g/mol. The zero-order chi connectivity index (χ0) is 25.1. The van der Waals surface area contributed by atoms with Gasteiger partial charge in [-0.2, -0.15) is 0 Å². The van der Waals surface area contributed by atoms with Gasteiger partial charge in [-0.25, -0.2) is 0 Å². The Labute approximate surface area is 220 Å². The zero-order valence-corrected chi connectivity index (χ0v) is 20.8. The number of fused-ring (bicyclic) bond motifs is 6. The Morgan fingerprint density at radius 1 is 0.395 bits per heavy atom. The number of para-hydroxylation sites is 2. The van der Waals surface area contributed by atoms with Gasteiger partial charge >= 0.3 is 0 Å². The molecule has 0 aliphatic carbocycles. The van der Waals surface area contributed by atoms with Crippen molar-refractivity contribution in [2.24, 2.45) is 0 Å². The molecule has 0 saturated carbocycles. The van der Waals surface area contributed by atoms with Crippen LogP contribution in [-0.4, -0.2) is 9.13 Å². The maximum absolute atomic E-state index is 2.43. The van der Waals surface area contributed by atoms with Crippen molar-refractivity contribution in [2.45, 2.75) is 0 Å². The highest BCUT2D eigenvalue weighted by molar-refractivity contribution is 6.19. The van der Waals surface area contributed by atoms with Crippen LogP contribution in [0.3, 0.4) is 0 Å². The summed E-state index contributed by atoms with van der Waals surface area (Å²) in [5.41, 5.74) is 8.46. The molecule has 0 amide bonds. The smallest absolute Gasteiger partial charge is 0.0619 e. The van der Waals surface area contributed by atoms with E-state index in [-0.39, 0.29) is 0 Å². The molecule has 0 saturated heterocycles. The summed E-state index contributed by atoms with van der Waals surface area (Å²) in [5.74, 6) is 0. The molecule has 0 bridgehead atoms.